The minimum atomic E-state index is -4.08. The zero-order valence-corrected chi connectivity index (χ0v) is 17.2. The van der Waals surface area contributed by atoms with Crippen molar-refractivity contribution in [3.8, 4) is 0 Å². The number of nitrogens with zero attached hydrogens (tertiary/aromatic N) is 3. The fourth-order valence-electron chi connectivity index (χ4n) is 3.15. The molecule has 2 atom stereocenters. The molecule has 11 heteroatoms. The van der Waals surface area contributed by atoms with Crippen molar-refractivity contribution in [1.82, 2.24) is 4.31 Å². The molecular weight excluding hydrogens is 415 g/mol. The van der Waals surface area contributed by atoms with E-state index in [9.17, 15) is 22.9 Å². The molecule has 1 aliphatic rings. The minimum absolute atomic E-state index is 0.0417. The van der Waals surface area contributed by atoms with Gasteiger partial charge in [0.05, 0.1) is 29.0 Å². The van der Waals surface area contributed by atoms with E-state index in [0.29, 0.717) is 0 Å². The van der Waals surface area contributed by atoms with Crippen LogP contribution in [0.1, 0.15) is 19.4 Å². The van der Waals surface area contributed by atoms with Crippen LogP contribution < -0.4 is 5.43 Å². The number of nitro groups is 1. The largest absolute Gasteiger partial charge is 0.373 e. The van der Waals surface area contributed by atoms with Crippen molar-refractivity contribution >= 4 is 27.6 Å². The van der Waals surface area contributed by atoms with Crippen LogP contribution in [-0.4, -0.2) is 49.2 Å². The van der Waals surface area contributed by atoms with Gasteiger partial charge in [-0.25, -0.2) is 12.8 Å². The van der Waals surface area contributed by atoms with Crippen molar-refractivity contribution in [2.24, 2.45) is 5.10 Å². The van der Waals surface area contributed by atoms with E-state index in [1.807, 2.05) is 0 Å². The summed E-state index contributed by atoms with van der Waals surface area (Å²) in [4.78, 5) is 10.2. The van der Waals surface area contributed by atoms with Gasteiger partial charge in [0.2, 0.25) is 10.0 Å². The second kappa shape index (κ2) is 8.86. The summed E-state index contributed by atoms with van der Waals surface area (Å²) in [5.74, 6) is -0.490. The normalized spacial score (nSPS) is 20.4. The molecule has 0 bridgehead atoms. The molecule has 30 heavy (non-hydrogen) atoms. The van der Waals surface area contributed by atoms with Crippen molar-refractivity contribution in [2.75, 3.05) is 18.5 Å². The van der Waals surface area contributed by atoms with Gasteiger partial charge in [-0.1, -0.05) is 18.2 Å². The number of hydrogen-bond acceptors (Lipinski definition) is 7. The lowest BCUT2D eigenvalue weighted by Crippen LogP contribution is -2.48. The molecule has 3 rings (SSSR count). The highest BCUT2D eigenvalue weighted by atomic mass is 32.2. The number of nitrogens with one attached hydrogen (secondary N) is 1. The number of hydrazone groups is 1. The lowest BCUT2D eigenvalue weighted by molar-refractivity contribution is -0.385. The Bertz CT molecular complexity index is 1070. The molecule has 1 saturated heterocycles. The molecule has 1 heterocycles. The number of halogens is 1. The van der Waals surface area contributed by atoms with E-state index in [1.54, 1.807) is 19.9 Å². The Balaban J connectivity index is 1.96. The van der Waals surface area contributed by atoms with Crippen LogP contribution in [0.25, 0.3) is 0 Å². The maximum absolute atomic E-state index is 13.7. The molecule has 0 unspecified atom stereocenters. The number of hydrogen-bond donors (Lipinski definition) is 1. The van der Waals surface area contributed by atoms with Gasteiger partial charge in [-0.2, -0.15) is 9.41 Å². The molecule has 0 saturated carbocycles. The number of morpholine rings is 1. The molecule has 0 aromatic heterocycles. The molecule has 9 nitrogen and oxygen atoms in total. The number of non-ortho nitro benzene ring substituents is 1. The fraction of sp³-hybridized carbons (Fsp3) is 0.316. The summed E-state index contributed by atoms with van der Waals surface area (Å²) in [5.41, 5.74) is 2.44. The Morgan fingerprint density at radius 2 is 1.90 bits per heavy atom. The third-order valence-electron chi connectivity index (χ3n) is 4.47. The van der Waals surface area contributed by atoms with Crippen molar-refractivity contribution in [3.63, 3.8) is 0 Å². The third kappa shape index (κ3) is 4.81. The first-order chi connectivity index (χ1) is 14.2. The van der Waals surface area contributed by atoms with E-state index >= 15 is 0 Å². The summed E-state index contributed by atoms with van der Waals surface area (Å²) in [7, 11) is -4.08. The topological polar surface area (TPSA) is 114 Å². The number of rotatable bonds is 6. The van der Waals surface area contributed by atoms with E-state index < -0.39 is 20.8 Å². The second-order valence-electron chi connectivity index (χ2n) is 6.91. The first kappa shape index (κ1) is 21.8. The van der Waals surface area contributed by atoms with E-state index in [0.717, 1.165) is 6.07 Å². The zero-order valence-electron chi connectivity index (χ0n) is 16.4. The third-order valence-corrected chi connectivity index (χ3v) is 6.35. The monoisotopic (exact) mass is 436 g/mol. The number of ether oxygens (including phenoxy) is 1. The molecule has 1 aliphatic heterocycles. The van der Waals surface area contributed by atoms with Crippen LogP contribution in [0.3, 0.4) is 0 Å². The van der Waals surface area contributed by atoms with Crippen LogP contribution in [0.2, 0.25) is 0 Å². The average molecular weight is 436 g/mol. The van der Waals surface area contributed by atoms with Crippen LogP contribution in [0.5, 0.6) is 0 Å². The van der Waals surface area contributed by atoms with Crippen molar-refractivity contribution in [3.05, 3.63) is 64.0 Å². The average Bonchev–Trinajstić information content (AvgIpc) is 2.68. The lowest BCUT2D eigenvalue weighted by Gasteiger charge is -2.34. The van der Waals surface area contributed by atoms with Crippen LogP contribution in [0.4, 0.5) is 15.8 Å². The molecule has 1 fully saturated rings. The molecule has 0 radical (unpaired) electrons. The predicted molar refractivity (Wildman–Crippen MR) is 109 cm³/mol. The minimum Gasteiger partial charge on any atom is -0.373 e. The first-order valence-electron chi connectivity index (χ1n) is 9.16. The van der Waals surface area contributed by atoms with Crippen LogP contribution in [0.15, 0.2) is 52.5 Å². The Kier molecular flexibility index (Phi) is 6.44. The van der Waals surface area contributed by atoms with Gasteiger partial charge in [-0.05, 0) is 26.0 Å². The highest BCUT2D eigenvalue weighted by Gasteiger charge is 2.34. The fourth-order valence-corrected chi connectivity index (χ4v) is 4.90. The van der Waals surface area contributed by atoms with Gasteiger partial charge in [0.1, 0.15) is 10.7 Å². The summed E-state index contributed by atoms with van der Waals surface area (Å²) >= 11 is 0. The number of anilines is 1. The molecule has 2 aromatic carbocycles. The second-order valence-corrected chi connectivity index (χ2v) is 8.81. The smallest absolute Gasteiger partial charge is 0.270 e. The quantitative estimate of drug-likeness (QED) is 0.423. The zero-order chi connectivity index (χ0) is 21.9. The van der Waals surface area contributed by atoms with E-state index in [2.05, 4.69) is 10.5 Å². The summed E-state index contributed by atoms with van der Waals surface area (Å²) in [5, 5.41) is 15.1. The van der Waals surface area contributed by atoms with Crippen LogP contribution in [-0.2, 0) is 14.8 Å². The molecule has 2 aromatic rings. The summed E-state index contributed by atoms with van der Waals surface area (Å²) in [6, 6.07) is 9.36. The van der Waals surface area contributed by atoms with Crippen molar-refractivity contribution < 1.29 is 22.5 Å². The summed E-state index contributed by atoms with van der Waals surface area (Å²) < 4.78 is 47.1. The Labute approximate surface area is 173 Å². The van der Waals surface area contributed by atoms with Gasteiger partial charge in [-0.3, -0.25) is 15.5 Å². The number of nitro benzene ring substituents is 1. The summed E-state index contributed by atoms with van der Waals surface area (Å²) in [6.07, 6.45) is 0.557. The van der Waals surface area contributed by atoms with Crippen LogP contribution in [0, 0.1) is 15.9 Å². The SMILES string of the molecule is C[C@@H]1CN(S(=O)(=O)c2cc([N+](=O)[O-])ccc2N/N=C\c2ccccc2F)C[C@@H](C)O1. The molecule has 1 N–H and O–H groups in total. The van der Waals surface area contributed by atoms with Gasteiger partial charge in [-0.15, -0.1) is 0 Å². The number of sulfonamides is 1. The molecule has 160 valence electrons. The van der Waals surface area contributed by atoms with E-state index in [4.69, 9.17) is 4.74 Å². The number of benzene rings is 2. The molecule has 0 aliphatic carbocycles. The highest BCUT2D eigenvalue weighted by Crippen LogP contribution is 2.30. The predicted octanol–water partition coefficient (Wildman–Crippen LogP) is 2.98. The summed E-state index contributed by atoms with van der Waals surface area (Å²) in [6.45, 7) is 3.74. The Hall–Kier alpha value is -2.89. The van der Waals surface area contributed by atoms with Crippen LogP contribution >= 0.6 is 0 Å². The Morgan fingerprint density at radius 3 is 2.53 bits per heavy atom. The molecular formula is C19H21FN4O5S. The molecule has 0 amide bonds. The standard InChI is InChI=1S/C19H21FN4O5S/c1-13-11-23(12-14(2)29-13)30(27,28)19-9-16(24(25)26)7-8-18(19)22-21-10-15-5-3-4-6-17(15)20/h3-10,13-14,22H,11-12H2,1-2H3/b21-10-/t13-,14-/m1/s1. The lowest BCUT2D eigenvalue weighted by atomic mass is 10.2. The Morgan fingerprint density at radius 1 is 1.23 bits per heavy atom. The van der Waals surface area contributed by atoms with Gasteiger partial charge < -0.3 is 4.74 Å². The maximum atomic E-state index is 13.7. The maximum Gasteiger partial charge on any atom is 0.270 e. The highest BCUT2D eigenvalue weighted by molar-refractivity contribution is 7.89. The van der Waals surface area contributed by atoms with Gasteiger partial charge in [0.25, 0.3) is 5.69 Å². The van der Waals surface area contributed by atoms with Crippen molar-refractivity contribution in [2.45, 2.75) is 31.0 Å². The van der Waals surface area contributed by atoms with Crippen molar-refractivity contribution in [1.29, 1.82) is 0 Å². The first-order valence-corrected chi connectivity index (χ1v) is 10.6. The van der Waals surface area contributed by atoms with Gasteiger partial charge >= 0.3 is 0 Å². The van der Waals surface area contributed by atoms with Gasteiger partial charge in [0, 0.05) is 30.8 Å². The van der Waals surface area contributed by atoms with E-state index in [-0.39, 0.29) is 47.1 Å². The van der Waals surface area contributed by atoms with E-state index in [1.165, 1.54) is 40.9 Å². The molecule has 0 spiro atoms. The van der Waals surface area contributed by atoms with Gasteiger partial charge in [0.15, 0.2) is 0 Å².